The molecule has 0 aliphatic rings. The fraction of sp³-hybridized carbons (Fsp3) is 0.320. The fourth-order valence-electron chi connectivity index (χ4n) is 3.85. The lowest BCUT2D eigenvalue weighted by Crippen LogP contribution is -2.17. The predicted molar refractivity (Wildman–Crippen MR) is 128 cm³/mol. The molecule has 5 nitrogen and oxygen atoms in total. The van der Waals surface area contributed by atoms with Crippen molar-refractivity contribution in [2.24, 2.45) is 0 Å². The highest BCUT2D eigenvalue weighted by molar-refractivity contribution is 7.92. The Balaban J connectivity index is 2.20. The molecule has 32 heavy (non-hydrogen) atoms. The topological polar surface area (TPSA) is 68.2 Å². The van der Waals surface area contributed by atoms with Gasteiger partial charge in [0.2, 0.25) is 10.0 Å². The van der Waals surface area contributed by atoms with Gasteiger partial charge in [-0.2, -0.15) is 0 Å². The second-order valence-corrected chi connectivity index (χ2v) is 10.1. The van der Waals surface area contributed by atoms with Crippen LogP contribution in [0, 0.1) is 26.6 Å². The Morgan fingerprint density at radius 1 is 0.938 bits per heavy atom. The summed E-state index contributed by atoms with van der Waals surface area (Å²) in [5.74, 6) is -0.299. The summed E-state index contributed by atoms with van der Waals surface area (Å²) in [4.78, 5) is 12.4. The van der Waals surface area contributed by atoms with Gasteiger partial charge in [0.25, 0.3) is 0 Å². The number of benzene rings is 2. The number of rotatable bonds is 7. The highest BCUT2D eigenvalue weighted by atomic mass is 32.2. The lowest BCUT2D eigenvalue weighted by atomic mass is 9.94. The van der Waals surface area contributed by atoms with Crippen LogP contribution in [0.25, 0.3) is 5.69 Å². The molecule has 0 spiro atoms. The van der Waals surface area contributed by atoms with Crippen LogP contribution in [-0.2, 0) is 22.9 Å². The van der Waals surface area contributed by atoms with E-state index in [1.807, 2.05) is 31.4 Å². The SMILES string of the molecule is CCc1cn(-c2cc(NS(=O)(=O)CC)ccc2Cc2c(C)cc(F)cc2C)cc(C)c1=O. The number of aromatic nitrogens is 1. The van der Waals surface area contributed by atoms with Crippen LogP contribution in [0.3, 0.4) is 0 Å². The van der Waals surface area contributed by atoms with Crippen LogP contribution in [0.15, 0.2) is 47.5 Å². The van der Waals surface area contributed by atoms with Gasteiger partial charge in [0, 0.05) is 29.9 Å². The van der Waals surface area contributed by atoms with E-state index in [2.05, 4.69) is 4.72 Å². The van der Waals surface area contributed by atoms with E-state index in [-0.39, 0.29) is 17.0 Å². The molecule has 2 aromatic carbocycles. The third-order valence-electron chi connectivity index (χ3n) is 5.70. The molecular weight excluding hydrogens is 427 g/mol. The van der Waals surface area contributed by atoms with Crippen molar-refractivity contribution < 1.29 is 12.8 Å². The minimum atomic E-state index is -3.44. The summed E-state index contributed by atoms with van der Waals surface area (Å²) in [7, 11) is -3.44. The van der Waals surface area contributed by atoms with E-state index in [9.17, 15) is 17.6 Å². The van der Waals surface area contributed by atoms with Gasteiger partial charge in [-0.1, -0.05) is 13.0 Å². The summed E-state index contributed by atoms with van der Waals surface area (Å²) in [6.45, 7) is 9.05. The van der Waals surface area contributed by atoms with Crippen LogP contribution in [0.2, 0.25) is 0 Å². The summed E-state index contributed by atoms with van der Waals surface area (Å²) in [6, 6.07) is 8.43. The molecule has 0 radical (unpaired) electrons. The number of halogens is 1. The highest BCUT2D eigenvalue weighted by Crippen LogP contribution is 2.27. The van der Waals surface area contributed by atoms with Gasteiger partial charge in [0.1, 0.15) is 5.82 Å². The molecule has 0 aliphatic heterocycles. The van der Waals surface area contributed by atoms with E-state index in [1.165, 1.54) is 12.1 Å². The van der Waals surface area contributed by atoms with Crippen molar-refractivity contribution in [3.8, 4) is 5.69 Å². The molecule has 0 fully saturated rings. The molecule has 0 amide bonds. The van der Waals surface area contributed by atoms with Crippen LogP contribution in [-0.4, -0.2) is 18.7 Å². The van der Waals surface area contributed by atoms with Gasteiger partial charge in [-0.05, 0) is 80.6 Å². The number of nitrogens with one attached hydrogen (secondary N) is 1. The van der Waals surface area contributed by atoms with Crippen molar-refractivity contribution in [1.82, 2.24) is 4.57 Å². The third-order valence-corrected chi connectivity index (χ3v) is 7.01. The zero-order chi connectivity index (χ0) is 23.6. The predicted octanol–water partition coefficient (Wildman–Crippen LogP) is 4.82. The Labute approximate surface area is 189 Å². The summed E-state index contributed by atoms with van der Waals surface area (Å²) >= 11 is 0. The largest absolute Gasteiger partial charge is 0.323 e. The molecular formula is C25H29FN2O3S. The lowest BCUT2D eigenvalue weighted by molar-refractivity contribution is 0.602. The minimum Gasteiger partial charge on any atom is -0.323 e. The van der Waals surface area contributed by atoms with Crippen LogP contribution in [0.1, 0.15) is 47.2 Å². The molecule has 3 aromatic rings. The van der Waals surface area contributed by atoms with E-state index in [4.69, 9.17) is 0 Å². The van der Waals surface area contributed by atoms with Crippen molar-refractivity contribution >= 4 is 15.7 Å². The molecule has 0 atom stereocenters. The number of anilines is 1. The zero-order valence-electron chi connectivity index (χ0n) is 19.1. The van der Waals surface area contributed by atoms with Crippen molar-refractivity contribution in [2.75, 3.05) is 10.5 Å². The van der Waals surface area contributed by atoms with Crippen LogP contribution in [0.4, 0.5) is 10.1 Å². The molecule has 0 unspecified atom stereocenters. The average Bonchev–Trinajstić information content (AvgIpc) is 2.73. The highest BCUT2D eigenvalue weighted by Gasteiger charge is 2.15. The summed E-state index contributed by atoms with van der Waals surface area (Å²) in [5.41, 5.74) is 6.20. The first kappa shape index (κ1) is 23.7. The third kappa shape index (κ3) is 5.10. The molecule has 0 bridgehead atoms. The van der Waals surface area contributed by atoms with Crippen molar-refractivity contribution in [2.45, 2.75) is 47.5 Å². The van der Waals surface area contributed by atoms with E-state index in [1.54, 1.807) is 38.4 Å². The van der Waals surface area contributed by atoms with E-state index < -0.39 is 10.0 Å². The van der Waals surface area contributed by atoms with Gasteiger partial charge in [-0.25, -0.2) is 12.8 Å². The fourth-order valence-corrected chi connectivity index (χ4v) is 4.48. The molecule has 170 valence electrons. The second-order valence-electron chi connectivity index (χ2n) is 8.10. The smallest absolute Gasteiger partial charge is 0.232 e. The average molecular weight is 457 g/mol. The zero-order valence-corrected chi connectivity index (χ0v) is 19.9. The first-order valence-corrected chi connectivity index (χ1v) is 12.3. The Bertz CT molecular complexity index is 1300. The normalized spacial score (nSPS) is 11.6. The molecule has 7 heteroatoms. The van der Waals surface area contributed by atoms with Crippen molar-refractivity contribution in [3.05, 3.63) is 92.1 Å². The van der Waals surface area contributed by atoms with E-state index in [0.717, 1.165) is 27.9 Å². The number of pyridine rings is 1. The summed E-state index contributed by atoms with van der Waals surface area (Å²) in [5, 5.41) is 0. The monoisotopic (exact) mass is 456 g/mol. The Morgan fingerprint density at radius 2 is 1.59 bits per heavy atom. The number of hydrogen-bond donors (Lipinski definition) is 1. The second kappa shape index (κ2) is 9.28. The van der Waals surface area contributed by atoms with Crippen molar-refractivity contribution in [3.63, 3.8) is 0 Å². The Morgan fingerprint density at radius 3 is 2.19 bits per heavy atom. The minimum absolute atomic E-state index is 0.0124. The number of aryl methyl sites for hydroxylation is 4. The maximum atomic E-state index is 13.8. The number of sulfonamides is 1. The van der Waals surface area contributed by atoms with Crippen molar-refractivity contribution in [1.29, 1.82) is 0 Å². The number of nitrogens with zero attached hydrogens (tertiary/aromatic N) is 1. The number of hydrogen-bond acceptors (Lipinski definition) is 3. The van der Waals surface area contributed by atoms with Gasteiger partial charge >= 0.3 is 0 Å². The maximum absolute atomic E-state index is 13.8. The van der Waals surface area contributed by atoms with Crippen LogP contribution < -0.4 is 10.2 Å². The molecule has 3 rings (SSSR count). The molecule has 1 heterocycles. The van der Waals surface area contributed by atoms with Crippen LogP contribution in [0.5, 0.6) is 0 Å². The van der Waals surface area contributed by atoms with Gasteiger partial charge in [0.05, 0.1) is 17.1 Å². The Kier molecular flexibility index (Phi) is 6.88. The summed E-state index contributed by atoms with van der Waals surface area (Å²) < 4.78 is 42.5. The molecule has 0 aliphatic carbocycles. The molecule has 0 saturated carbocycles. The first-order chi connectivity index (χ1) is 15.0. The molecule has 1 N–H and O–H groups in total. The van der Waals surface area contributed by atoms with Crippen LogP contribution >= 0.6 is 0 Å². The van der Waals surface area contributed by atoms with Gasteiger partial charge in [-0.15, -0.1) is 0 Å². The first-order valence-electron chi connectivity index (χ1n) is 10.7. The maximum Gasteiger partial charge on any atom is 0.232 e. The quantitative estimate of drug-likeness (QED) is 0.554. The molecule has 1 aromatic heterocycles. The van der Waals surface area contributed by atoms with E-state index >= 15 is 0 Å². The lowest BCUT2D eigenvalue weighted by Gasteiger charge is -2.18. The Hall–Kier alpha value is -2.93. The van der Waals surface area contributed by atoms with Gasteiger partial charge in [-0.3, -0.25) is 9.52 Å². The standard InChI is InChI=1S/C25H29FN2O3S/c1-6-19-15-28(14-18(5)25(19)29)24-13-22(27-32(30,31)7-2)9-8-20(24)12-23-16(3)10-21(26)11-17(23)4/h8-11,13-15,27H,6-7,12H2,1-5H3. The van der Waals surface area contributed by atoms with E-state index in [0.29, 0.717) is 29.7 Å². The van der Waals surface area contributed by atoms with Gasteiger partial charge in [0.15, 0.2) is 5.43 Å². The summed E-state index contributed by atoms with van der Waals surface area (Å²) in [6.07, 6.45) is 4.70. The van der Waals surface area contributed by atoms with Gasteiger partial charge < -0.3 is 4.57 Å². The molecule has 0 saturated heterocycles.